The van der Waals surface area contributed by atoms with E-state index in [0.29, 0.717) is 0 Å². The summed E-state index contributed by atoms with van der Waals surface area (Å²) in [5, 5.41) is 10.2. The van der Waals surface area contributed by atoms with Crippen molar-refractivity contribution in [1.29, 1.82) is 0 Å². The van der Waals surface area contributed by atoms with Crippen LogP contribution < -0.4 is 5.32 Å². The second kappa shape index (κ2) is 6.41. The van der Waals surface area contributed by atoms with E-state index in [2.05, 4.69) is 5.32 Å². The Bertz CT molecular complexity index is 493. The lowest BCUT2D eigenvalue weighted by Gasteiger charge is -2.37. The van der Waals surface area contributed by atoms with Crippen molar-refractivity contribution in [2.24, 2.45) is 17.8 Å². The summed E-state index contributed by atoms with van der Waals surface area (Å²) in [6, 6.07) is 0. The number of alkyl halides is 6. The van der Waals surface area contributed by atoms with E-state index in [0.717, 1.165) is 31.8 Å². The zero-order chi connectivity index (χ0) is 19.1. The van der Waals surface area contributed by atoms with Crippen LogP contribution in [-0.4, -0.2) is 59.9 Å². The van der Waals surface area contributed by atoms with E-state index in [1.807, 2.05) is 0 Å². The fraction of sp³-hybridized carbons (Fsp3) is 0.846. The maximum Gasteiger partial charge on any atom is 0.490 e. The third kappa shape index (κ3) is 4.11. The number of amides is 1. The van der Waals surface area contributed by atoms with Gasteiger partial charge in [-0.2, -0.15) is 26.3 Å². The third-order valence-electron chi connectivity index (χ3n) is 4.48. The Labute approximate surface area is 134 Å². The van der Waals surface area contributed by atoms with Crippen LogP contribution in [0.4, 0.5) is 26.3 Å². The van der Waals surface area contributed by atoms with Crippen molar-refractivity contribution in [3.05, 3.63) is 0 Å². The van der Waals surface area contributed by atoms with Crippen molar-refractivity contribution in [2.45, 2.75) is 31.7 Å². The van der Waals surface area contributed by atoms with Crippen molar-refractivity contribution in [3.63, 3.8) is 0 Å². The molecule has 140 valence electrons. The van der Waals surface area contributed by atoms with E-state index < -0.39 is 23.9 Å². The Hall–Kier alpha value is -1.52. The number of fused-ring (bicyclic) bond motifs is 1. The number of nitrogens with one attached hydrogen (secondary N) is 1. The molecule has 0 aromatic heterocycles. The topological polar surface area (TPSA) is 69.6 Å². The molecule has 0 spiro atoms. The Morgan fingerprint density at radius 1 is 1.04 bits per heavy atom. The number of halogens is 6. The van der Waals surface area contributed by atoms with Gasteiger partial charge in [-0.1, -0.05) is 0 Å². The average molecular weight is 364 g/mol. The van der Waals surface area contributed by atoms with Gasteiger partial charge in [0.25, 0.3) is 0 Å². The minimum atomic E-state index is -5.08. The summed E-state index contributed by atoms with van der Waals surface area (Å²) in [5.41, 5.74) is -2.10. The van der Waals surface area contributed by atoms with Crippen molar-refractivity contribution >= 4 is 11.9 Å². The number of carbonyl (C=O) groups is 2. The molecular formula is C13H18F6N2O3. The summed E-state index contributed by atoms with van der Waals surface area (Å²) in [7, 11) is 1.25. The van der Waals surface area contributed by atoms with Gasteiger partial charge < -0.3 is 15.3 Å². The highest BCUT2D eigenvalue weighted by Gasteiger charge is 2.61. The molecule has 0 radical (unpaired) electrons. The van der Waals surface area contributed by atoms with Gasteiger partial charge in [-0.3, -0.25) is 4.79 Å². The number of hydrogen-bond acceptors (Lipinski definition) is 3. The van der Waals surface area contributed by atoms with Crippen LogP contribution in [0.1, 0.15) is 13.8 Å². The normalized spacial score (nSPS) is 26.1. The maximum atomic E-state index is 12.8. The number of hydrogen-bond donors (Lipinski definition) is 2. The predicted molar refractivity (Wildman–Crippen MR) is 69.9 cm³/mol. The van der Waals surface area contributed by atoms with Crippen LogP contribution in [0.5, 0.6) is 0 Å². The van der Waals surface area contributed by atoms with Crippen LogP contribution in [-0.2, 0) is 9.59 Å². The first kappa shape index (κ1) is 20.5. The van der Waals surface area contributed by atoms with Gasteiger partial charge in [0.2, 0.25) is 5.91 Å². The lowest BCUT2D eigenvalue weighted by Crippen LogP contribution is -2.55. The second-order valence-corrected chi connectivity index (χ2v) is 6.27. The third-order valence-corrected chi connectivity index (χ3v) is 4.48. The van der Waals surface area contributed by atoms with Gasteiger partial charge in [0.1, 0.15) is 5.54 Å². The van der Waals surface area contributed by atoms with Crippen LogP contribution in [0.15, 0.2) is 0 Å². The summed E-state index contributed by atoms with van der Waals surface area (Å²) in [5.74, 6) is -2.85. The lowest BCUT2D eigenvalue weighted by molar-refractivity contribution is -0.218. The van der Waals surface area contributed by atoms with Gasteiger partial charge in [0, 0.05) is 13.0 Å². The molecule has 2 N–H and O–H groups in total. The molecule has 0 bridgehead atoms. The van der Waals surface area contributed by atoms with Gasteiger partial charge in [0.05, 0.1) is 0 Å². The molecule has 1 unspecified atom stereocenters. The summed E-state index contributed by atoms with van der Waals surface area (Å²) in [4.78, 5) is 21.8. The molecular weight excluding hydrogens is 346 g/mol. The van der Waals surface area contributed by atoms with E-state index in [1.54, 1.807) is 0 Å². The molecule has 3 atom stereocenters. The van der Waals surface area contributed by atoms with Crippen LogP contribution in [0, 0.1) is 17.8 Å². The van der Waals surface area contributed by atoms with E-state index >= 15 is 0 Å². The number of aliphatic carboxylic acids is 1. The predicted octanol–water partition coefficient (Wildman–Crippen LogP) is 1.88. The first-order valence-electron chi connectivity index (χ1n) is 6.97. The number of rotatable bonds is 2. The minimum Gasteiger partial charge on any atom is -0.475 e. The van der Waals surface area contributed by atoms with E-state index in [-0.39, 0.29) is 23.7 Å². The lowest BCUT2D eigenvalue weighted by atomic mass is 10.0. The molecule has 0 aromatic carbocycles. The molecule has 1 saturated carbocycles. The fourth-order valence-corrected chi connectivity index (χ4v) is 2.47. The Morgan fingerprint density at radius 3 is 1.71 bits per heavy atom. The zero-order valence-corrected chi connectivity index (χ0v) is 13.1. The molecule has 1 aliphatic heterocycles. The van der Waals surface area contributed by atoms with Gasteiger partial charge in [0.15, 0.2) is 0 Å². The smallest absolute Gasteiger partial charge is 0.475 e. The van der Waals surface area contributed by atoms with E-state index in [9.17, 15) is 31.1 Å². The quantitative estimate of drug-likeness (QED) is 0.735. The highest BCUT2D eigenvalue weighted by Crippen LogP contribution is 2.50. The maximum absolute atomic E-state index is 12.8. The SMILES string of the molecule is CN(C(=O)C1[C@H]2CNC[C@@H]12)C(C)(C)C(F)(F)F.O=C(O)C(F)(F)F. The molecule has 24 heavy (non-hydrogen) atoms. The number of piperidine rings is 1. The summed E-state index contributed by atoms with van der Waals surface area (Å²) in [6.45, 7) is 3.59. The zero-order valence-electron chi connectivity index (χ0n) is 13.1. The van der Waals surface area contributed by atoms with Crippen LogP contribution in [0.3, 0.4) is 0 Å². The first-order valence-corrected chi connectivity index (χ1v) is 6.97. The molecule has 2 fully saturated rings. The highest BCUT2D eigenvalue weighted by molar-refractivity contribution is 5.83. The van der Waals surface area contributed by atoms with Crippen molar-refractivity contribution < 1.29 is 41.0 Å². The Kier molecular flexibility index (Phi) is 5.48. The van der Waals surface area contributed by atoms with Crippen LogP contribution in [0.25, 0.3) is 0 Å². The van der Waals surface area contributed by atoms with E-state index in [4.69, 9.17) is 9.90 Å². The molecule has 2 rings (SSSR count). The number of nitrogens with zero attached hydrogens (tertiary/aromatic N) is 1. The average Bonchev–Trinajstić information content (AvgIpc) is 2.87. The number of carboxylic acids is 1. The molecule has 1 amide bonds. The molecule has 2 aliphatic rings. The van der Waals surface area contributed by atoms with Gasteiger partial charge >= 0.3 is 18.3 Å². The largest absolute Gasteiger partial charge is 0.490 e. The summed E-state index contributed by atoms with van der Waals surface area (Å²) >= 11 is 0. The van der Waals surface area contributed by atoms with Crippen molar-refractivity contribution in [1.82, 2.24) is 10.2 Å². The molecule has 1 saturated heterocycles. The standard InChI is InChI=1S/C11H17F3N2O.C2HF3O2/c1-10(2,11(12,13)14)16(3)9(17)8-6-4-15-5-7(6)8;3-2(4,5)1(6)7/h6-8,15H,4-5H2,1-3H3;(H,6,7)/t6-,7+,8?;. The van der Waals surface area contributed by atoms with Crippen LogP contribution in [0.2, 0.25) is 0 Å². The highest BCUT2D eigenvalue weighted by atomic mass is 19.4. The number of carboxylic acid groups (broad SMARTS) is 1. The van der Waals surface area contributed by atoms with Crippen LogP contribution >= 0.6 is 0 Å². The van der Waals surface area contributed by atoms with Gasteiger partial charge in [-0.15, -0.1) is 0 Å². The summed E-state index contributed by atoms with van der Waals surface area (Å²) in [6.07, 6.45) is -9.49. The van der Waals surface area contributed by atoms with Crippen molar-refractivity contribution in [2.75, 3.05) is 20.1 Å². The minimum absolute atomic E-state index is 0.206. The van der Waals surface area contributed by atoms with Gasteiger partial charge in [-0.05, 0) is 38.8 Å². The summed E-state index contributed by atoms with van der Waals surface area (Å²) < 4.78 is 70.2. The van der Waals surface area contributed by atoms with Crippen molar-refractivity contribution in [3.8, 4) is 0 Å². The van der Waals surface area contributed by atoms with Gasteiger partial charge in [-0.25, -0.2) is 4.79 Å². The first-order chi connectivity index (χ1) is 10.6. The molecule has 11 heteroatoms. The Balaban J connectivity index is 0.000000351. The fourth-order valence-electron chi connectivity index (χ4n) is 2.47. The Morgan fingerprint density at radius 2 is 1.42 bits per heavy atom. The number of carbonyl (C=O) groups excluding carboxylic acids is 1. The monoisotopic (exact) mass is 364 g/mol. The molecule has 5 nitrogen and oxygen atoms in total. The molecule has 1 heterocycles. The molecule has 1 aliphatic carbocycles. The molecule has 0 aromatic rings. The van der Waals surface area contributed by atoms with E-state index in [1.165, 1.54) is 7.05 Å². The second-order valence-electron chi connectivity index (χ2n) is 6.27.